The van der Waals surface area contributed by atoms with E-state index in [4.69, 9.17) is 0 Å². The highest BCUT2D eigenvalue weighted by atomic mass is 16.3. The van der Waals surface area contributed by atoms with Gasteiger partial charge in [-0.1, -0.05) is 60.7 Å². The lowest BCUT2D eigenvalue weighted by Gasteiger charge is -2.38. The molecule has 3 rings (SSSR count). The first-order valence-electron chi connectivity index (χ1n) is 9.90. The third kappa shape index (κ3) is 4.27. The summed E-state index contributed by atoms with van der Waals surface area (Å²) in [6.07, 6.45) is 9.63. The molecule has 0 aromatic heterocycles. The minimum absolute atomic E-state index is 0.00308. The number of nitrogens with zero attached hydrogens (tertiary/aromatic N) is 1. The zero-order valence-corrected chi connectivity index (χ0v) is 16.3. The summed E-state index contributed by atoms with van der Waals surface area (Å²) < 4.78 is 0. The molecule has 1 fully saturated rings. The third-order valence-electron chi connectivity index (χ3n) is 5.87. The molecular formula is C23H30N2O3. The lowest BCUT2D eigenvalue weighted by Crippen LogP contribution is -2.53. The van der Waals surface area contributed by atoms with Crippen molar-refractivity contribution >= 4 is 5.91 Å². The molecule has 28 heavy (non-hydrogen) atoms. The second-order valence-electron chi connectivity index (χ2n) is 7.67. The summed E-state index contributed by atoms with van der Waals surface area (Å²) in [5.41, 5.74) is 0.777. The fourth-order valence-electron chi connectivity index (χ4n) is 4.26. The minimum Gasteiger partial charge on any atom is -0.391 e. The number of hydrogen-bond acceptors (Lipinski definition) is 4. The fraction of sp³-hybridized carbons (Fsp3) is 0.435. The zero-order chi connectivity index (χ0) is 20.1. The van der Waals surface area contributed by atoms with E-state index in [1.807, 2.05) is 48.6 Å². The molecule has 0 bridgehead atoms. The van der Waals surface area contributed by atoms with Crippen LogP contribution in [0.25, 0.3) is 0 Å². The Morgan fingerprint density at radius 3 is 2.75 bits per heavy atom. The van der Waals surface area contributed by atoms with Crippen molar-refractivity contribution in [3.8, 4) is 0 Å². The van der Waals surface area contributed by atoms with Crippen LogP contribution in [0, 0.1) is 11.8 Å². The van der Waals surface area contributed by atoms with Crippen LogP contribution in [-0.2, 0) is 4.79 Å². The molecule has 0 radical (unpaired) electrons. The van der Waals surface area contributed by atoms with E-state index in [1.165, 1.54) is 0 Å². The van der Waals surface area contributed by atoms with Gasteiger partial charge in [-0.3, -0.25) is 4.79 Å². The molecule has 1 aliphatic carbocycles. The predicted molar refractivity (Wildman–Crippen MR) is 110 cm³/mol. The summed E-state index contributed by atoms with van der Waals surface area (Å²) in [5, 5.41) is 24.9. The van der Waals surface area contributed by atoms with Gasteiger partial charge in [-0.25, -0.2) is 0 Å². The van der Waals surface area contributed by atoms with Crippen LogP contribution in [0.3, 0.4) is 0 Å². The van der Waals surface area contributed by atoms with Gasteiger partial charge in [0.1, 0.15) is 6.04 Å². The highest BCUT2D eigenvalue weighted by Crippen LogP contribution is 2.32. The molecule has 1 aromatic carbocycles. The smallest absolute Gasteiger partial charge is 0.242 e. The summed E-state index contributed by atoms with van der Waals surface area (Å²) >= 11 is 0. The van der Waals surface area contributed by atoms with Crippen LogP contribution >= 0.6 is 0 Å². The number of carbonyl (C=O) groups excluding carboxylic acids is 1. The molecule has 0 spiro atoms. The van der Waals surface area contributed by atoms with Crippen molar-refractivity contribution in [3.05, 3.63) is 72.9 Å². The van der Waals surface area contributed by atoms with Gasteiger partial charge < -0.3 is 20.4 Å². The second-order valence-corrected chi connectivity index (χ2v) is 7.67. The molecule has 0 saturated carbocycles. The van der Waals surface area contributed by atoms with Crippen molar-refractivity contribution in [1.29, 1.82) is 0 Å². The Kier molecular flexibility index (Phi) is 6.83. The lowest BCUT2D eigenvalue weighted by molar-refractivity contribution is -0.140. The van der Waals surface area contributed by atoms with Crippen LogP contribution < -0.4 is 5.32 Å². The van der Waals surface area contributed by atoms with E-state index in [1.54, 1.807) is 18.0 Å². The number of nitrogens with one attached hydrogen (secondary N) is 1. The Bertz CT molecular complexity index is 731. The van der Waals surface area contributed by atoms with Gasteiger partial charge in [0, 0.05) is 25.4 Å². The van der Waals surface area contributed by atoms with Gasteiger partial charge in [0.2, 0.25) is 5.91 Å². The van der Waals surface area contributed by atoms with E-state index >= 15 is 0 Å². The first-order valence-corrected chi connectivity index (χ1v) is 9.90. The normalized spacial score (nSPS) is 28.7. The van der Waals surface area contributed by atoms with Gasteiger partial charge in [-0.2, -0.15) is 0 Å². The minimum atomic E-state index is -0.821. The van der Waals surface area contributed by atoms with Crippen LogP contribution in [0.5, 0.6) is 0 Å². The Labute approximate surface area is 167 Å². The Hall–Kier alpha value is -2.21. The average Bonchev–Trinajstić information content (AvgIpc) is 3.09. The van der Waals surface area contributed by atoms with Crippen LogP contribution in [0.2, 0.25) is 0 Å². The van der Waals surface area contributed by atoms with Gasteiger partial charge in [0.05, 0.1) is 18.2 Å². The maximum Gasteiger partial charge on any atom is 0.242 e. The molecule has 5 nitrogen and oxygen atoms in total. The maximum atomic E-state index is 13.2. The topological polar surface area (TPSA) is 72.8 Å². The predicted octanol–water partition coefficient (Wildman–Crippen LogP) is 2.20. The first-order chi connectivity index (χ1) is 13.5. The summed E-state index contributed by atoms with van der Waals surface area (Å²) in [5.74, 6) is -0.214. The van der Waals surface area contributed by atoms with Gasteiger partial charge in [-0.15, -0.1) is 6.58 Å². The number of allylic oxidation sites excluding steroid dienone is 4. The number of hydrogen-bond donors (Lipinski definition) is 3. The van der Waals surface area contributed by atoms with Gasteiger partial charge in [0.25, 0.3) is 0 Å². The van der Waals surface area contributed by atoms with E-state index in [0.29, 0.717) is 13.0 Å². The first kappa shape index (κ1) is 20.5. The molecule has 1 heterocycles. The van der Waals surface area contributed by atoms with E-state index < -0.39 is 24.3 Å². The van der Waals surface area contributed by atoms with Crippen LogP contribution in [0.1, 0.15) is 24.5 Å². The van der Waals surface area contributed by atoms with E-state index in [0.717, 1.165) is 12.0 Å². The molecular weight excluding hydrogens is 352 g/mol. The van der Waals surface area contributed by atoms with Crippen molar-refractivity contribution < 1.29 is 15.0 Å². The maximum absolute atomic E-state index is 13.2. The molecule has 6 atom stereocenters. The number of rotatable bonds is 7. The molecule has 1 aromatic rings. The standard InChI is InChI=1S/C23H30N2O3/c1-3-10-18-15-24-19(21(18)26)23(28)25(2)20(16-11-6-4-7-12-16)22(27)17-13-8-5-9-14-17/h3-9,11,13-14,16,18-22,24,26-27H,1,10,12,15H2,2H3/t16?,18-,19-,20+,21+,22+/m0/s1. The van der Waals surface area contributed by atoms with Gasteiger partial charge in [0.15, 0.2) is 0 Å². The highest BCUT2D eigenvalue weighted by Gasteiger charge is 2.43. The zero-order valence-electron chi connectivity index (χ0n) is 16.3. The van der Waals surface area contributed by atoms with Crippen LogP contribution in [0.4, 0.5) is 0 Å². The molecule has 5 heteroatoms. The second kappa shape index (κ2) is 9.32. The van der Waals surface area contributed by atoms with Gasteiger partial charge in [-0.05, 0) is 18.4 Å². The number of aliphatic hydroxyl groups excluding tert-OH is 2. The molecule has 1 saturated heterocycles. The van der Waals surface area contributed by atoms with Crippen molar-refractivity contribution in [2.24, 2.45) is 11.8 Å². The number of carbonyl (C=O) groups is 1. The molecule has 1 aliphatic heterocycles. The summed E-state index contributed by atoms with van der Waals surface area (Å²) in [6.45, 7) is 4.31. The lowest BCUT2D eigenvalue weighted by atomic mass is 9.85. The van der Waals surface area contributed by atoms with Crippen LogP contribution in [0.15, 0.2) is 67.3 Å². The van der Waals surface area contributed by atoms with E-state index in [2.05, 4.69) is 18.0 Å². The Morgan fingerprint density at radius 2 is 2.11 bits per heavy atom. The monoisotopic (exact) mass is 382 g/mol. The van der Waals surface area contributed by atoms with Crippen molar-refractivity contribution in [2.75, 3.05) is 13.6 Å². The van der Waals surface area contributed by atoms with E-state index in [-0.39, 0.29) is 17.7 Å². The SMILES string of the molecule is C=CC[C@H]1CN[C@H](C(=O)N(C)[C@H](C2C=CC=CC2)[C@H](O)c2ccccc2)[C@@H]1O. The molecule has 1 unspecified atom stereocenters. The molecule has 1 amide bonds. The van der Waals surface area contributed by atoms with E-state index in [9.17, 15) is 15.0 Å². The summed E-state index contributed by atoms with van der Waals surface area (Å²) in [6, 6.07) is 8.34. The molecule has 2 aliphatic rings. The quantitative estimate of drug-likeness (QED) is 0.632. The molecule has 150 valence electrons. The highest BCUT2D eigenvalue weighted by molar-refractivity contribution is 5.83. The third-order valence-corrected chi connectivity index (χ3v) is 5.87. The largest absolute Gasteiger partial charge is 0.391 e. The number of aliphatic hydroxyl groups is 2. The molecule has 3 N–H and O–H groups in total. The summed E-state index contributed by atoms with van der Waals surface area (Å²) in [7, 11) is 1.72. The number of amides is 1. The summed E-state index contributed by atoms with van der Waals surface area (Å²) in [4.78, 5) is 14.9. The Morgan fingerprint density at radius 1 is 1.36 bits per heavy atom. The van der Waals surface area contributed by atoms with Gasteiger partial charge >= 0.3 is 0 Å². The average molecular weight is 383 g/mol. The number of likely N-dealkylation sites (N-methyl/N-ethyl adjacent to an activating group) is 1. The van der Waals surface area contributed by atoms with Crippen LogP contribution in [-0.4, -0.2) is 52.8 Å². The Balaban J connectivity index is 1.83. The fourth-order valence-corrected chi connectivity index (χ4v) is 4.26. The number of benzene rings is 1. The van der Waals surface area contributed by atoms with Crippen molar-refractivity contribution in [1.82, 2.24) is 10.2 Å². The van der Waals surface area contributed by atoms with Crippen molar-refractivity contribution in [2.45, 2.75) is 37.1 Å². The van der Waals surface area contributed by atoms with Crippen molar-refractivity contribution in [3.63, 3.8) is 0 Å².